The lowest BCUT2D eigenvalue weighted by molar-refractivity contribution is 0.177. The van der Waals surface area contributed by atoms with Crippen LogP contribution in [0, 0.1) is 12.8 Å². The van der Waals surface area contributed by atoms with Crippen LogP contribution in [0.4, 0.5) is 0 Å². The average molecular weight is 311 g/mol. The average Bonchev–Trinajstić information content (AvgIpc) is 2.81. The summed E-state index contributed by atoms with van der Waals surface area (Å²) in [5.41, 5.74) is 1.23. The molecule has 1 aromatic heterocycles. The summed E-state index contributed by atoms with van der Waals surface area (Å²) in [6.45, 7) is 6.08. The molecule has 2 unspecified atom stereocenters. The van der Waals surface area contributed by atoms with Crippen molar-refractivity contribution in [2.75, 3.05) is 20.3 Å². The summed E-state index contributed by atoms with van der Waals surface area (Å²) in [6, 6.07) is 0. The van der Waals surface area contributed by atoms with E-state index in [0.29, 0.717) is 0 Å². The van der Waals surface area contributed by atoms with Crippen LogP contribution in [0.2, 0.25) is 0 Å². The van der Waals surface area contributed by atoms with Crippen molar-refractivity contribution in [1.82, 2.24) is 10.3 Å². The fraction of sp³-hybridized carbons (Fsp3) is 0.824. The van der Waals surface area contributed by atoms with Gasteiger partial charge in [0.15, 0.2) is 0 Å². The van der Waals surface area contributed by atoms with E-state index in [4.69, 9.17) is 9.72 Å². The minimum absolute atomic E-state index is 0.0833. The second-order valence-electron chi connectivity index (χ2n) is 6.38. The topological polar surface area (TPSA) is 34.1 Å². The van der Waals surface area contributed by atoms with E-state index in [9.17, 15) is 0 Å². The molecule has 120 valence electrons. The van der Waals surface area contributed by atoms with Gasteiger partial charge < -0.3 is 10.1 Å². The van der Waals surface area contributed by atoms with Gasteiger partial charge in [-0.3, -0.25) is 0 Å². The van der Waals surface area contributed by atoms with E-state index >= 15 is 0 Å². The standard InChI is InChI=1S/C17H30N2OS/c1-4-6-15-7-5-9-17(10-8-15,18-11-12-20-3)16-19-14(2)13-21-16/h13,15,18H,4-12H2,1-3H3. The molecule has 1 saturated carbocycles. The zero-order chi connectivity index (χ0) is 15.1. The summed E-state index contributed by atoms with van der Waals surface area (Å²) in [5.74, 6) is 0.905. The highest BCUT2D eigenvalue weighted by molar-refractivity contribution is 7.09. The molecule has 0 bridgehead atoms. The Morgan fingerprint density at radius 2 is 2.29 bits per heavy atom. The third-order valence-electron chi connectivity index (χ3n) is 4.69. The molecule has 1 aliphatic rings. The number of aryl methyl sites for hydroxylation is 1. The van der Waals surface area contributed by atoms with E-state index in [2.05, 4.69) is 24.5 Å². The van der Waals surface area contributed by atoms with Crippen LogP contribution >= 0.6 is 11.3 Å². The molecule has 21 heavy (non-hydrogen) atoms. The molecule has 0 radical (unpaired) electrons. The van der Waals surface area contributed by atoms with E-state index in [0.717, 1.165) is 24.8 Å². The Kier molecular flexibility index (Phi) is 6.65. The summed E-state index contributed by atoms with van der Waals surface area (Å²) >= 11 is 1.82. The van der Waals surface area contributed by atoms with Crippen molar-refractivity contribution < 1.29 is 4.74 Å². The zero-order valence-electron chi connectivity index (χ0n) is 13.8. The van der Waals surface area contributed by atoms with Crippen molar-refractivity contribution in [3.8, 4) is 0 Å². The maximum absolute atomic E-state index is 5.23. The number of thiazole rings is 1. The molecule has 3 nitrogen and oxygen atoms in total. The number of methoxy groups -OCH3 is 1. The first-order valence-corrected chi connectivity index (χ1v) is 9.24. The third kappa shape index (κ3) is 4.51. The number of hydrogen-bond acceptors (Lipinski definition) is 4. The van der Waals surface area contributed by atoms with Gasteiger partial charge in [0.1, 0.15) is 5.01 Å². The van der Waals surface area contributed by atoms with Crippen molar-refractivity contribution in [3.05, 3.63) is 16.1 Å². The molecule has 1 aromatic rings. The zero-order valence-corrected chi connectivity index (χ0v) is 14.6. The number of nitrogens with one attached hydrogen (secondary N) is 1. The van der Waals surface area contributed by atoms with Crippen LogP contribution in [0.3, 0.4) is 0 Å². The monoisotopic (exact) mass is 310 g/mol. The van der Waals surface area contributed by atoms with E-state index in [1.54, 1.807) is 7.11 Å². The van der Waals surface area contributed by atoms with Crippen LogP contribution in [0.15, 0.2) is 5.38 Å². The van der Waals surface area contributed by atoms with Gasteiger partial charge >= 0.3 is 0 Å². The Morgan fingerprint density at radius 1 is 1.43 bits per heavy atom. The predicted octanol–water partition coefficient (Wildman–Crippen LogP) is 4.26. The van der Waals surface area contributed by atoms with E-state index < -0.39 is 0 Å². The summed E-state index contributed by atoms with van der Waals surface area (Å²) in [5, 5.41) is 7.26. The lowest BCUT2D eigenvalue weighted by Crippen LogP contribution is -2.43. The van der Waals surface area contributed by atoms with E-state index in [-0.39, 0.29) is 5.54 Å². The molecule has 1 heterocycles. The van der Waals surface area contributed by atoms with Gasteiger partial charge in [0, 0.05) is 24.7 Å². The van der Waals surface area contributed by atoms with Gasteiger partial charge in [0.25, 0.3) is 0 Å². The largest absolute Gasteiger partial charge is 0.383 e. The molecule has 4 heteroatoms. The van der Waals surface area contributed by atoms with Crippen LogP contribution < -0.4 is 5.32 Å². The van der Waals surface area contributed by atoms with Gasteiger partial charge in [0.05, 0.1) is 12.1 Å². The highest BCUT2D eigenvalue weighted by Gasteiger charge is 2.36. The van der Waals surface area contributed by atoms with Gasteiger partial charge in [-0.1, -0.05) is 32.6 Å². The number of aromatic nitrogens is 1. The molecule has 2 rings (SSSR count). The van der Waals surface area contributed by atoms with Gasteiger partial charge in [-0.25, -0.2) is 4.98 Å². The van der Waals surface area contributed by atoms with Crippen molar-refractivity contribution in [1.29, 1.82) is 0 Å². The van der Waals surface area contributed by atoms with Crippen LogP contribution in [-0.4, -0.2) is 25.2 Å². The highest BCUT2D eigenvalue weighted by atomic mass is 32.1. The molecule has 0 aromatic carbocycles. The minimum atomic E-state index is 0.0833. The van der Waals surface area contributed by atoms with Crippen LogP contribution in [0.1, 0.15) is 62.6 Å². The van der Waals surface area contributed by atoms with Gasteiger partial charge in [-0.05, 0) is 32.1 Å². The van der Waals surface area contributed by atoms with Crippen molar-refractivity contribution in [2.45, 2.75) is 64.3 Å². The Hall–Kier alpha value is -0.450. The Bertz CT molecular complexity index is 421. The second kappa shape index (κ2) is 8.25. The number of hydrogen-bond donors (Lipinski definition) is 1. The van der Waals surface area contributed by atoms with Crippen LogP contribution in [0.5, 0.6) is 0 Å². The highest BCUT2D eigenvalue weighted by Crippen LogP contribution is 2.40. The Labute approximate surface area is 133 Å². The third-order valence-corrected chi connectivity index (χ3v) is 5.85. The first-order valence-electron chi connectivity index (χ1n) is 8.37. The summed E-state index contributed by atoms with van der Waals surface area (Å²) < 4.78 is 5.23. The summed E-state index contributed by atoms with van der Waals surface area (Å²) in [6.07, 6.45) is 9.13. The molecule has 1 aliphatic carbocycles. The Balaban J connectivity index is 2.12. The van der Waals surface area contributed by atoms with Crippen molar-refractivity contribution in [2.24, 2.45) is 5.92 Å². The van der Waals surface area contributed by atoms with Gasteiger partial charge in [-0.15, -0.1) is 11.3 Å². The molecular formula is C17H30N2OS. The van der Waals surface area contributed by atoms with Crippen molar-refractivity contribution >= 4 is 11.3 Å². The fourth-order valence-corrected chi connectivity index (χ4v) is 4.58. The molecule has 1 N–H and O–H groups in total. The second-order valence-corrected chi connectivity index (χ2v) is 7.24. The van der Waals surface area contributed by atoms with Crippen LogP contribution in [0.25, 0.3) is 0 Å². The summed E-state index contributed by atoms with van der Waals surface area (Å²) in [4.78, 5) is 4.81. The SMILES string of the molecule is CCCC1CCCC(NCCOC)(c2nc(C)cs2)CC1. The predicted molar refractivity (Wildman–Crippen MR) is 89.9 cm³/mol. The minimum Gasteiger partial charge on any atom is -0.383 e. The van der Waals surface area contributed by atoms with E-state index in [1.807, 2.05) is 11.3 Å². The number of rotatable bonds is 7. The first kappa shape index (κ1) is 16.9. The quantitative estimate of drug-likeness (QED) is 0.603. The maximum atomic E-state index is 5.23. The lowest BCUT2D eigenvalue weighted by atomic mass is 9.89. The lowest BCUT2D eigenvalue weighted by Gasteiger charge is -2.32. The molecule has 2 atom stereocenters. The fourth-order valence-electron chi connectivity index (χ4n) is 3.54. The normalized spacial score (nSPS) is 26.7. The summed E-state index contributed by atoms with van der Waals surface area (Å²) in [7, 11) is 1.77. The molecule has 0 aliphatic heterocycles. The van der Waals surface area contributed by atoms with E-state index in [1.165, 1.54) is 50.0 Å². The first-order chi connectivity index (χ1) is 10.2. The van der Waals surface area contributed by atoms with Crippen molar-refractivity contribution in [3.63, 3.8) is 0 Å². The van der Waals surface area contributed by atoms with Gasteiger partial charge in [-0.2, -0.15) is 0 Å². The molecule has 0 amide bonds. The number of ether oxygens (including phenoxy) is 1. The molecule has 0 saturated heterocycles. The molecule has 1 fully saturated rings. The van der Waals surface area contributed by atoms with Gasteiger partial charge in [0.2, 0.25) is 0 Å². The Morgan fingerprint density at radius 3 is 2.95 bits per heavy atom. The smallest absolute Gasteiger partial charge is 0.113 e. The number of nitrogens with zero attached hydrogens (tertiary/aromatic N) is 1. The maximum Gasteiger partial charge on any atom is 0.113 e. The molecular weight excluding hydrogens is 280 g/mol. The van der Waals surface area contributed by atoms with Crippen LogP contribution in [-0.2, 0) is 10.3 Å². The molecule has 0 spiro atoms.